The number of anilines is 2. The highest BCUT2D eigenvalue weighted by molar-refractivity contribution is 5.99. The Morgan fingerprint density at radius 2 is 1.76 bits per heavy atom. The van der Waals surface area contributed by atoms with E-state index in [2.05, 4.69) is 16.1 Å². The normalized spacial score (nSPS) is 17.9. The molecule has 0 saturated carbocycles. The lowest BCUT2D eigenvalue weighted by atomic mass is 9.88. The third-order valence-electron chi connectivity index (χ3n) is 6.85. The Morgan fingerprint density at radius 3 is 2.49 bits per heavy atom. The molecule has 3 aromatic rings. The fourth-order valence-electron chi connectivity index (χ4n) is 4.83. The number of fused-ring (bicyclic) bond motifs is 3. The molecule has 3 N–H and O–H groups in total. The third-order valence-corrected chi connectivity index (χ3v) is 6.85. The van der Waals surface area contributed by atoms with Crippen LogP contribution in [-0.2, 0) is 11.2 Å². The second kappa shape index (κ2) is 10.4. The number of hydrazine groups is 1. The standard InChI is InChI=1S/C28H30N4O5/c1-35-20-8-6-19(7-9-20)32-28(34)22-16-30-23-10-5-18(15-21(23)26(22)31-32)27(33)29-13-12-17-4-11-24(36-2)25(14-17)37-3/h4-11,14-15,22,26,30-31H,12-13,16H2,1-3H3,(H,29,33). The topological polar surface area (TPSA) is 101 Å². The number of nitrogens with zero attached hydrogens (tertiary/aromatic N) is 1. The summed E-state index contributed by atoms with van der Waals surface area (Å²) in [6, 6.07) is 18.4. The van der Waals surface area contributed by atoms with E-state index in [-0.39, 0.29) is 23.8 Å². The Labute approximate surface area is 215 Å². The van der Waals surface area contributed by atoms with Crippen LogP contribution in [0.15, 0.2) is 60.7 Å². The summed E-state index contributed by atoms with van der Waals surface area (Å²) in [6.45, 7) is 0.991. The summed E-state index contributed by atoms with van der Waals surface area (Å²) in [6.07, 6.45) is 0.649. The molecular weight excluding hydrogens is 472 g/mol. The first-order chi connectivity index (χ1) is 18.0. The average molecular weight is 503 g/mol. The zero-order chi connectivity index (χ0) is 25.9. The molecule has 1 fully saturated rings. The molecule has 0 aliphatic carbocycles. The molecule has 0 aromatic heterocycles. The van der Waals surface area contributed by atoms with Gasteiger partial charge < -0.3 is 24.8 Å². The van der Waals surface area contributed by atoms with Gasteiger partial charge in [-0.1, -0.05) is 6.07 Å². The number of amides is 2. The van der Waals surface area contributed by atoms with Crippen molar-refractivity contribution in [1.82, 2.24) is 10.7 Å². The first-order valence-electron chi connectivity index (χ1n) is 12.1. The van der Waals surface area contributed by atoms with E-state index >= 15 is 0 Å². The number of hydrogen-bond acceptors (Lipinski definition) is 7. The highest BCUT2D eigenvalue weighted by Gasteiger charge is 2.44. The monoisotopic (exact) mass is 502 g/mol. The fourth-order valence-corrected chi connectivity index (χ4v) is 4.83. The molecule has 0 radical (unpaired) electrons. The van der Waals surface area contributed by atoms with Crippen LogP contribution in [0, 0.1) is 5.92 Å². The predicted octanol–water partition coefficient (Wildman–Crippen LogP) is 3.32. The van der Waals surface area contributed by atoms with Gasteiger partial charge in [-0.3, -0.25) is 9.59 Å². The van der Waals surface area contributed by atoms with Crippen LogP contribution < -0.4 is 35.3 Å². The molecule has 9 heteroatoms. The van der Waals surface area contributed by atoms with E-state index in [0.717, 1.165) is 28.3 Å². The lowest BCUT2D eigenvalue weighted by Crippen LogP contribution is -2.35. The van der Waals surface area contributed by atoms with Crippen molar-refractivity contribution in [2.45, 2.75) is 12.5 Å². The van der Waals surface area contributed by atoms with Gasteiger partial charge in [0.1, 0.15) is 5.75 Å². The maximum Gasteiger partial charge on any atom is 0.251 e. The zero-order valence-corrected chi connectivity index (χ0v) is 21.0. The number of carbonyl (C=O) groups excluding carboxylic acids is 2. The average Bonchev–Trinajstić information content (AvgIpc) is 3.29. The van der Waals surface area contributed by atoms with Crippen molar-refractivity contribution in [3.05, 3.63) is 77.4 Å². The molecule has 192 valence electrons. The summed E-state index contributed by atoms with van der Waals surface area (Å²) >= 11 is 0. The number of nitrogens with one attached hydrogen (secondary N) is 3. The number of rotatable bonds is 8. The summed E-state index contributed by atoms with van der Waals surface area (Å²) in [5, 5.41) is 7.92. The fraction of sp³-hybridized carbons (Fsp3) is 0.286. The minimum Gasteiger partial charge on any atom is -0.497 e. The molecule has 0 spiro atoms. The second-order valence-corrected chi connectivity index (χ2v) is 8.96. The molecule has 2 amide bonds. The van der Waals surface area contributed by atoms with Gasteiger partial charge in [0.25, 0.3) is 5.91 Å². The molecule has 9 nitrogen and oxygen atoms in total. The van der Waals surface area contributed by atoms with Gasteiger partial charge in [-0.25, -0.2) is 10.4 Å². The molecule has 2 atom stereocenters. The number of ether oxygens (including phenoxy) is 3. The van der Waals surface area contributed by atoms with Gasteiger partial charge in [-0.05, 0) is 72.1 Å². The molecule has 1 saturated heterocycles. The molecular formula is C28H30N4O5. The van der Waals surface area contributed by atoms with Gasteiger partial charge in [0.05, 0.1) is 39.0 Å². The molecule has 0 bridgehead atoms. The van der Waals surface area contributed by atoms with E-state index in [0.29, 0.717) is 36.6 Å². The third kappa shape index (κ3) is 4.77. The van der Waals surface area contributed by atoms with Gasteiger partial charge >= 0.3 is 0 Å². The van der Waals surface area contributed by atoms with Crippen LogP contribution in [0.1, 0.15) is 27.5 Å². The molecule has 37 heavy (non-hydrogen) atoms. The molecule has 2 unspecified atom stereocenters. The second-order valence-electron chi connectivity index (χ2n) is 8.96. The Bertz CT molecular complexity index is 1310. The van der Waals surface area contributed by atoms with Crippen LogP contribution >= 0.6 is 0 Å². The summed E-state index contributed by atoms with van der Waals surface area (Å²) in [4.78, 5) is 26.1. The van der Waals surface area contributed by atoms with Gasteiger partial charge in [0.2, 0.25) is 5.91 Å². The molecule has 2 heterocycles. The number of benzene rings is 3. The first-order valence-corrected chi connectivity index (χ1v) is 12.1. The lowest BCUT2D eigenvalue weighted by Gasteiger charge is -2.27. The maximum absolute atomic E-state index is 13.2. The molecule has 2 aliphatic heterocycles. The van der Waals surface area contributed by atoms with E-state index in [4.69, 9.17) is 14.2 Å². The van der Waals surface area contributed by atoms with Crippen molar-refractivity contribution in [1.29, 1.82) is 0 Å². The van der Waals surface area contributed by atoms with E-state index in [1.807, 2.05) is 54.6 Å². The van der Waals surface area contributed by atoms with Crippen molar-refractivity contribution in [2.24, 2.45) is 5.92 Å². The van der Waals surface area contributed by atoms with Crippen LogP contribution in [0.3, 0.4) is 0 Å². The van der Waals surface area contributed by atoms with Crippen LogP contribution in [0.4, 0.5) is 11.4 Å². The largest absolute Gasteiger partial charge is 0.497 e. The highest BCUT2D eigenvalue weighted by Crippen LogP contribution is 2.40. The van der Waals surface area contributed by atoms with Gasteiger partial charge in [-0.2, -0.15) is 0 Å². The van der Waals surface area contributed by atoms with Crippen LogP contribution in [-0.4, -0.2) is 46.2 Å². The first kappa shape index (κ1) is 24.5. The number of methoxy groups -OCH3 is 3. The Balaban J connectivity index is 1.27. The smallest absolute Gasteiger partial charge is 0.251 e. The lowest BCUT2D eigenvalue weighted by molar-refractivity contribution is -0.120. The number of carbonyl (C=O) groups is 2. The minimum atomic E-state index is -0.280. The molecule has 2 aliphatic rings. The van der Waals surface area contributed by atoms with E-state index < -0.39 is 0 Å². The highest BCUT2D eigenvalue weighted by atomic mass is 16.5. The SMILES string of the molecule is COc1ccc(N2NC3c4cc(C(=O)NCCc5ccc(OC)c(OC)c5)ccc4NCC3C2=O)cc1. The van der Waals surface area contributed by atoms with Gasteiger partial charge in [-0.15, -0.1) is 0 Å². The van der Waals surface area contributed by atoms with E-state index in [9.17, 15) is 9.59 Å². The van der Waals surface area contributed by atoms with Gasteiger partial charge in [0, 0.05) is 24.3 Å². The van der Waals surface area contributed by atoms with E-state index in [1.165, 1.54) is 0 Å². The molecule has 5 rings (SSSR count). The summed E-state index contributed by atoms with van der Waals surface area (Å²) in [7, 11) is 4.80. The Kier molecular flexibility index (Phi) is 6.87. The van der Waals surface area contributed by atoms with Crippen molar-refractivity contribution in [3.63, 3.8) is 0 Å². The number of hydrogen-bond donors (Lipinski definition) is 3. The summed E-state index contributed by atoms with van der Waals surface area (Å²) in [5.41, 5.74) is 7.48. The maximum atomic E-state index is 13.2. The summed E-state index contributed by atoms with van der Waals surface area (Å²) < 4.78 is 15.9. The van der Waals surface area contributed by atoms with Crippen molar-refractivity contribution in [2.75, 3.05) is 44.7 Å². The quantitative estimate of drug-likeness (QED) is 0.434. The van der Waals surface area contributed by atoms with Gasteiger partial charge in [0.15, 0.2) is 11.5 Å². The van der Waals surface area contributed by atoms with E-state index in [1.54, 1.807) is 32.4 Å². The van der Waals surface area contributed by atoms with Crippen LogP contribution in [0.25, 0.3) is 0 Å². The van der Waals surface area contributed by atoms with Crippen molar-refractivity contribution >= 4 is 23.2 Å². The summed E-state index contributed by atoms with van der Waals surface area (Å²) in [5.74, 6) is 1.59. The van der Waals surface area contributed by atoms with Crippen molar-refractivity contribution < 1.29 is 23.8 Å². The zero-order valence-electron chi connectivity index (χ0n) is 21.0. The van der Waals surface area contributed by atoms with Crippen LogP contribution in [0.2, 0.25) is 0 Å². The Morgan fingerprint density at radius 1 is 0.973 bits per heavy atom. The Hall–Kier alpha value is -4.24. The van der Waals surface area contributed by atoms with Crippen LogP contribution in [0.5, 0.6) is 17.2 Å². The van der Waals surface area contributed by atoms with Crippen molar-refractivity contribution in [3.8, 4) is 17.2 Å². The molecule has 3 aromatic carbocycles. The minimum absolute atomic E-state index is 0.0157. The predicted molar refractivity (Wildman–Crippen MR) is 140 cm³/mol.